The number of ether oxygens (including phenoxy) is 1. The van der Waals surface area contributed by atoms with Crippen LogP contribution in [-0.2, 0) is 19.3 Å². The van der Waals surface area contributed by atoms with Gasteiger partial charge in [0, 0.05) is 31.0 Å². The molecule has 0 amide bonds. The molecule has 0 bridgehead atoms. The lowest BCUT2D eigenvalue weighted by molar-refractivity contribution is 0.411. The molecule has 0 radical (unpaired) electrons. The lowest BCUT2D eigenvalue weighted by Crippen LogP contribution is -2.21. The van der Waals surface area contributed by atoms with Crippen LogP contribution in [-0.4, -0.2) is 27.9 Å². The second-order valence-electron chi connectivity index (χ2n) is 5.19. The zero-order valence-corrected chi connectivity index (χ0v) is 13.8. The highest BCUT2D eigenvalue weighted by Gasteiger charge is 2.08. The normalized spacial score (nSPS) is 11.1. The summed E-state index contributed by atoms with van der Waals surface area (Å²) < 4.78 is 7.37. The summed E-state index contributed by atoms with van der Waals surface area (Å²) >= 11 is 1.66. The van der Waals surface area contributed by atoms with Gasteiger partial charge < -0.3 is 14.6 Å². The molecule has 6 heteroatoms. The van der Waals surface area contributed by atoms with Crippen LogP contribution < -0.4 is 10.1 Å². The third-order valence-corrected chi connectivity index (χ3v) is 4.17. The van der Waals surface area contributed by atoms with Crippen molar-refractivity contribution in [2.75, 3.05) is 7.11 Å². The second kappa shape index (κ2) is 7.47. The number of hydrogen-bond acceptors (Lipinski definition) is 5. The molecule has 0 fully saturated rings. The Kier molecular flexibility index (Phi) is 5.64. The Labute approximate surface area is 130 Å². The van der Waals surface area contributed by atoms with Gasteiger partial charge in [-0.15, -0.1) is 10.2 Å². The predicted molar refractivity (Wildman–Crippen MR) is 85.5 cm³/mol. The lowest BCUT2D eigenvalue weighted by atomic mass is 10.1. The van der Waals surface area contributed by atoms with Gasteiger partial charge in [0.15, 0.2) is 5.16 Å². The van der Waals surface area contributed by atoms with Gasteiger partial charge in [-0.25, -0.2) is 0 Å². The lowest BCUT2D eigenvalue weighted by Gasteiger charge is -2.12. The van der Waals surface area contributed by atoms with Gasteiger partial charge in [-0.05, 0) is 17.7 Å². The molecule has 0 aliphatic rings. The molecule has 0 spiro atoms. The summed E-state index contributed by atoms with van der Waals surface area (Å²) in [5.74, 6) is 1.73. The molecular weight excluding hydrogens is 284 g/mol. The number of thioether (sulfide) groups is 1. The number of aryl methyl sites for hydroxylation is 1. The van der Waals surface area contributed by atoms with Gasteiger partial charge in [0.2, 0.25) is 0 Å². The molecule has 1 aromatic carbocycles. The third-order valence-electron chi connectivity index (χ3n) is 3.09. The van der Waals surface area contributed by atoms with Gasteiger partial charge in [-0.2, -0.15) is 0 Å². The van der Waals surface area contributed by atoms with Gasteiger partial charge in [0.05, 0.1) is 7.11 Å². The van der Waals surface area contributed by atoms with E-state index >= 15 is 0 Å². The Morgan fingerprint density at radius 3 is 2.81 bits per heavy atom. The summed E-state index contributed by atoms with van der Waals surface area (Å²) in [6.07, 6.45) is 1.71. The molecule has 2 aromatic rings. The Bertz CT molecular complexity index is 583. The highest BCUT2D eigenvalue weighted by molar-refractivity contribution is 7.98. The predicted octanol–water partition coefficient (Wildman–Crippen LogP) is 2.61. The zero-order chi connectivity index (χ0) is 15.2. The number of hydrogen-bond donors (Lipinski definition) is 1. The molecule has 0 atom stereocenters. The van der Waals surface area contributed by atoms with Gasteiger partial charge in [-0.1, -0.05) is 31.7 Å². The van der Waals surface area contributed by atoms with Crippen molar-refractivity contribution in [1.82, 2.24) is 20.1 Å². The number of nitrogens with zero attached hydrogens (tertiary/aromatic N) is 3. The minimum absolute atomic E-state index is 0.476. The van der Waals surface area contributed by atoms with E-state index in [-0.39, 0.29) is 0 Å². The number of methoxy groups -OCH3 is 1. The first-order valence-electron chi connectivity index (χ1n) is 6.96. The minimum Gasteiger partial charge on any atom is -0.496 e. The Morgan fingerprint density at radius 1 is 1.38 bits per heavy atom. The van der Waals surface area contributed by atoms with E-state index in [0.717, 1.165) is 23.2 Å². The van der Waals surface area contributed by atoms with E-state index < -0.39 is 0 Å². The summed E-state index contributed by atoms with van der Waals surface area (Å²) in [4.78, 5) is 0. The summed E-state index contributed by atoms with van der Waals surface area (Å²) in [6, 6.07) is 6.80. The fourth-order valence-corrected chi connectivity index (χ4v) is 2.79. The minimum atomic E-state index is 0.476. The maximum Gasteiger partial charge on any atom is 0.191 e. The maximum atomic E-state index is 5.45. The molecule has 0 aliphatic heterocycles. The fraction of sp³-hybridized carbons (Fsp3) is 0.467. The number of rotatable bonds is 7. The molecule has 21 heavy (non-hydrogen) atoms. The smallest absolute Gasteiger partial charge is 0.191 e. The van der Waals surface area contributed by atoms with Crippen LogP contribution in [0.3, 0.4) is 0 Å². The highest BCUT2D eigenvalue weighted by Crippen LogP contribution is 2.27. The Balaban J connectivity index is 2.08. The molecule has 1 aromatic heterocycles. The highest BCUT2D eigenvalue weighted by atomic mass is 32.2. The quantitative estimate of drug-likeness (QED) is 0.797. The molecular formula is C15H22N4OS. The van der Waals surface area contributed by atoms with Crippen LogP contribution in [0.1, 0.15) is 25.0 Å². The van der Waals surface area contributed by atoms with Gasteiger partial charge in [0.25, 0.3) is 0 Å². The van der Waals surface area contributed by atoms with Crippen molar-refractivity contribution in [3.05, 3.63) is 35.7 Å². The van der Waals surface area contributed by atoms with E-state index in [2.05, 4.69) is 41.5 Å². The van der Waals surface area contributed by atoms with E-state index in [1.54, 1.807) is 25.2 Å². The van der Waals surface area contributed by atoms with Crippen LogP contribution >= 0.6 is 11.8 Å². The van der Waals surface area contributed by atoms with Crippen molar-refractivity contribution >= 4 is 11.8 Å². The average Bonchev–Trinajstić information content (AvgIpc) is 2.88. The summed E-state index contributed by atoms with van der Waals surface area (Å²) in [6.45, 7) is 5.16. The van der Waals surface area contributed by atoms with Crippen molar-refractivity contribution in [1.29, 1.82) is 0 Å². The van der Waals surface area contributed by atoms with E-state index in [1.165, 1.54) is 11.1 Å². The van der Waals surface area contributed by atoms with Gasteiger partial charge >= 0.3 is 0 Å². The van der Waals surface area contributed by atoms with E-state index in [4.69, 9.17) is 4.74 Å². The van der Waals surface area contributed by atoms with E-state index in [9.17, 15) is 0 Å². The van der Waals surface area contributed by atoms with Crippen LogP contribution in [0.25, 0.3) is 0 Å². The van der Waals surface area contributed by atoms with Crippen LogP contribution in [0, 0.1) is 0 Å². The molecule has 0 saturated carbocycles. The van der Waals surface area contributed by atoms with Crippen molar-refractivity contribution in [2.24, 2.45) is 7.05 Å². The first-order chi connectivity index (χ1) is 10.1. The topological polar surface area (TPSA) is 52.0 Å². The fourth-order valence-electron chi connectivity index (χ4n) is 1.92. The van der Waals surface area contributed by atoms with Gasteiger partial charge in [-0.3, -0.25) is 0 Å². The van der Waals surface area contributed by atoms with E-state index in [1.807, 2.05) is 17.7 Å². The van der Waals surface area contributed by atoms with Crippen molar-refractivity contribution < 1.29 is 4.74 Å². The van der Waals surface area contributed by atoms with E-state index in [0.29, 0.717) is 6.04 Å². The Hall–Kier alpha value is -1.53. The Morgan fingerprint density at radius 2 is 2.19 bits per heavy atom. The first-order valence-corrected chi connectivity index (χ1v) is 7.94. The van der Waals surface area contributed by atoms with Crippen molar-refractivity contribution in [2.45, 2.75) is 37.3 Å². The molecule has 0 saturated heterocycles. The van der Waals surface area contributed by atoms with Crippen LogP contribution in [0.4, 0.5) is 0 Å². The molecule has 5 nitrogen and oxygen atoms in total. The summed E-state index contributed by atoms with van der Waals surface area (Å²) in [5, 5.41) is 12.3. The summed E-state index contributed by atoms with van der Waals surface area (Å²) in [5.41, 5.74) is 2.44. The van der Waals surface area contributed by atoms with Crippen molar-refractivity contribution in [3.63, 3.8) is 0 Å². The summed E-state index contributed by atoms with van der Waals surface area (Å²) in [7, 11) is 3.65. The zero-order valence-electron chi connectivity index (χ0n) is 13.0. The number of benzene rings is 1. The van der Waals surface area contributed by atoms with Crippen LogP contribution in [0.2, 0.25) is 0 Å². The molecule has 114 valence electrons. The van der Waals surface area contributed by atoms with Crippen molar-refractivity contribution in [3.8, 4) is 5.75 Å². The molecule has 0 aliphatic carbocycles. The largest absolute Gasteiger partial charge is 0.496 e. The molecule has 1 N–H and O–H groups in total. The maximum absolute atomic E-state index is 5.45. The number of nitrogens with one attached hydrogen (secondary N) is 1. The van der Waals surface area contributed by atoms with Crippen LogP contribution in [0.15, 0.2) is 29.7 Å². The molecule has 1 heterocycles. The SMILES string of the molecule is COc1ccc(CNC(C)C)cc1CSc1nncn1C. The third kappa shape index (κ3) is 4.47. The molecule has 2 rings (SSSR count). The van der Waals surface area contributed by atoms with Gasteiger partial charge in [0.1, 0.15) is 12.1 Å². The average molecular weight is 306 g/mol. The standard InChI is InChI=1S/C15H22N4OS/c1-11(2)16-8-12-5-6-14(20-4)13(7-12)9-21-15-18-17-10-19(15)3/h5-7,10-11,16H,8-9H2,1-4H3. The number of aromatic nitrogens is 3. The van der Waals surface area contributed by atoms with Crippen LogP contribution in [0.5, 0.6) is 5.75 Å². The second-order valence-corrected chi connectivity index (χ2v) is 6.14. The first kappa shape index (κ1) is 15.9. The molecule has 0 unspecified atom stereocenters. The monoisotopic (exact) mass is 306 g/mol.